The van der Waals surface area contributed by atoms with Gasteiger partial charge in [0.05, 0.1) is 13.7 Å². The van der Waals surface area contributed by atoms with Crippen LogP contribution in [0.15, 0.2) is 17.1 Å². The normalized spacial score (nSPS) is 15.9. The van der Waals surface area contributed by atoms with Crippen LogP contribution in [-0.2, 0) is 21.7 Å². The van der Waals surface area contributed by atoms with Crippen LogP contribution >= 0.6 is 11.6 Å². The number of nitrogens with zero attached hydrogens (tertiary/aromatic N) is 1. The highest BCUT2D eigenvalue weighted by molar-refractivity contribution is 6.30. The molecular weight excluding hydrogens is 254 g/mol. The van der Waals surface area contributed by atoms with Crippen LogP contribution in [-0.4, -0.2) is 20.3 Å². The predicted molar refractivity (Wildman–Crippen MR) is 67.8 cm³/mol. The van der Waals surface area contributed by atoms with E-state index in [9.17, 15) is 4.79 Å². The van der Waals surface area contributed by atoms with E-state index in [0.717, 1.165) is 24.0 Å². The van der Waals surface area contributed by atoms with Crippen LogP contribution in [0, 0.1) is 0 Å². The molecule has 1 saturated carbocycles. The molecule has 0 atom stereocenters. The fourth-order valence-corrected chi connectivity index (χ4v) is 2.45. The average Bonchev–Trinajstić information content (AvgIpc) is 3.09. The molecule has 0 N–H and O–H groups in total. The first-order valence-corrected chi connectivity index (χ1v) is 5.99. The molecule has 0 spiro atoms. The van der Waals surface area contributed by atoms with E-state index in [1.165, 1.54) is 0 Å². The second-order valence-electron chi connectivity index (χ2n) is 4.31. The number of hydrogen-bond acceptors (Lipinski definition) is 4. The quantitative estimate of drug-likeness (QED) is 0.609. The van der Waals surface area contributed by atoms with Crippen molar-refractivity contribution in [3.05, 3.63) is 28.3 Å². The van der Waals surface area contributed by atoms with Gasteiger partial charge in [0.25, 0.3) is 0 Å². The Morgan fingerprint density at radius 2 is 2.17 bits per heavy atom. The number of carbonyl (C=O) groups excluding carboxylic acids is 1. The van der Waals surface area contributed by atoms with Gasteiger partial charge in [0.2, 0.25) is 6.08 Å². The lowest BCUT2D eigenvalue weighted by molar-refractivity contribution is 0.183. The van der Waals surface area contributed by atoms with Gasteiger partial charge in [-0.3, -0.25) is 0 Å². The lowest BCUT2D eigenvalue weighted by atomic mass is 9.97. The average molecular weight is 268 g/mol. The number of benzene rings is 1. The summed E-state index contributed by atoms with van der Waals surface area (Å²) in [7, 11) is 3.19. The molecule has 5 heteroatoms. The van der Waals surface area contributed by atoms with Gasteiger partial charge in [-0.15, -0.1) is 0 Å². The summed E-state index contributed by atoms with van der Waals surface area (Å²) in [6, 6.07) is 3.56. The number of rotatable bonds is 5. The van der Waals surface area contributed by atoms with Crippen molar-refractivity contribution in [1.29, 1.82) is 0 Å². The Balaban J connectivity index is 2.59. The third-order valence-electron chi connectivity index (χ3n) is 3.12. The molecule has 18 heavy (non-hydrogen) atoms. The summed E-state index contributed by atoms with van der Waals surface area (Å²) in [5.74, 6) is 0.644. The maximum absolute atomic E-state index is 10.6. The van der Waals surface area contributed by atoms with Crippen LogP contribution in [0.2, 0.25) is 5.02 Å². The fourth-order valence-electron chi connectivity index (χ4n) is 2.22. The SMILES string of the molecule is COCc1cc(Cl)cc(OC)c1C1(N=C=O)CC1. The summed E-state index contributed by atoms with van der Waals surface area (Å²) < 4.78 is 10.5. The van der Waals surface area contributed by atoms with Crippen LogP contribution < -0.4 is 4.74 Å². The van der Waals surface area contributed by atoms with E-state index in [0.29, 0.717) is 17.4 Å². The van der Waals surface area contributed by atoms with Crippen molar-refractivity contribution in [1.82, 2.24) is 0 Å². The minimum atomic E-state index is -0.494. The summed E-state index contributed by atoms with van der Waals surface area (Å²) in [4.78, 5) is 14.5. The summed E-state index contributed by atoms with van der Waals surface area (Å²) in [6.45, 7) is 0.405. The molecule has 0 aromatic heterocycles. The van der Waals surface area contributed by atoms with Crippen LogP contribution in [0.4, 0.5) is 0 Å². The van der Waals surface area contributed by atoms with E-state index >= 15 is 0 Å². The van der Waals surface area contributed by atoms with Crippen LogP contribution in [0.1, 0.15) is 24.0 Å². The lowest BCUT2D eigenvalue weighted by Gasteiger charge is -2.18. The number of isocyanates is 1. The van der Waals surface area contributed by atoms with Gasteiger partial charge in [0.1, 0.15) is 11.3 Å². The molecule has 0 amide bonds. The Kier molecular flexibility index (Phi) is 3.71. The van der Waals surface area contributed by atoms with Gasteiger partial charge >= 0.3 is 0 Å². The molecule has 2 rings (SSSR count). The maximum atomic E-state index is 10.6. The van der Waals surface area contributed by atoms with Gasteiger partial charge in [0.15, 0.2) is 0 Å². The molecular formula is C13H14ClNO3. The third kappa shape index (κ3) is 2.27. The first-order valence-electron chi connectivity index (χ1n) is 5.61. The van der Waals surface area contributed by atoms with E-state index in [4.69, 9.17) is 21.1 Å². The smallest absolute Gasteiger partial charge is 0.235 e. The maximum Gasteiger partial charge on any atom is 0.235 e. The highest BCUT2D eigenvalue weighted by Crippen LogP contribution is 2.54. The zero-order chi connectivity index (χ0) is 13.2. The first-order chi connectivity index (χ1) is 8.66. The van der Waals surface area contributed by atoms with Crippen molar-refractivity contribution < 1.29 is 14.3 Å². The molecule has 0 bridgehead atoms. The second-order valence-corrected chi connectivity index (χ2v) is 4.75. The van der Waals surface area contributed by atoms with E-state index in [-0.39, 0.29) is 0 Å². The third-order valence-corrected chi connectivity index (χ3v) is 3.34. The Hall–Kier alpha value is -1.35. The van der Waals surface area contributed by atoms with Crippen molar-refractivity contribution in [2.24, 2.45) is 4.99 Å². The van der Waals surface area contributed by atoms with Crippen LogP contribution in [0.5, 0.6) is 5.75 Å². The molecule has 0 radical (unpaired) electrons. The Labute approximate surface area is 111 Å². The van der Waals surface area contributed by atoms with Gasteiger partial charge in [0, 0.05) is 17.7 Å². The second kappa shape index (κ2) is 5.11. The molecule has 1 aromatic carbocycles. The molecule has 0 saturated heterocycles. The Morgan fingerprint density at radius 3 is 2.67 bits per heavy atom. The minimum absolute atomic E-state index is 0.405. The molecule has 0 heterocycles. The highest BCUT2D eigenvalue weighted by Gasteiger charge is 2.48. The number of hydrogen-bond donors (Lipinski definition) is 0. The largest absolute Gasteiger partial charge is 0.496 e. The van der Waals surface area contributed by atoms with Gasteiger partial charge in [-0.1, -0.05) is 11.6 Å². The van der Waals surface area contributed by atoms with Crippen molar-refractivity contribution in [2.75, 3.05) is 14.2 Å². The Morgan fingerprint density at radius 1 is 1.44 bits per heavy atom. The molecule has 1 aliphatic rings. The Bertz CT molecular complexity index is 505. The van der Waals surface area contributed by atoms with Gasteiger partial charge in [-0.25, -0.2) is 4.79 Å². The number of methoxy groups -OCH3 is 2. The van der Waals surface area contributed by atoms with Crippen LogP contribution in [0.3, 0.4) is 0 Å². The molecule has 1 aliphatic carbocycles. The zero-order valence-corrected chi connectivity index (χ0v) is 11.1. The van der Waals surface area contributed by atoms with E-state index in [2.05, 4.69) is 4.99 Å². The lowest BCUT2D eigenvalue weighted by Crippen LogP contribution is -2.10. The fraction of sp³-hybridized carbons (Fsp3) is 0.462. The van der Waals surface area contributed by atoms with Crippen molar-refractivity contribution in [3.63, 3.8) is 0 Å². The van der Waals surface area contributed by atoms with E-state index < -0.39 is 5.54 Å². The zero-order valence-electron chi connectivity index (χ0n) is 10.3. The molecule has 1 aromatic rings. The predicted octanol–water partition coefficient (Wildman–Crippen LogP) is 2.82. The summed E-state index contributed by atoms with van der Waals surface area (Å²) >= 11 is 6.04. The highest BCUT2D eigenvalue weighted by atomic mass is 35.5. The van der Waals surface area contributed by atoms with Crippen LogP contribution in [0.25, 0.3) is 0 Å². The molecule has 0 unspecified atom stereocenters. The topological polar surface area (TPSA) is 47.9 Å². The monoisotopic (exact) mass is 267 g/mol. The standard InChI is InChI=1S/C13H14ClNO3/c1-17-7-9-5-10(14)6-11(18-2)12(9)13(3-4-13)15-8-16/h5-6H,3-4,7H2,1-2H3. The molecule has 0 aliphatic heterocycles. The minimum Gasteiger partial charge on any atom is -0.496 e. The van der Waals surface area contributed by atoms with Gasteiger partial charge in [-0.2, -0.15) is 4.99 Å². The van der Waals surface area contributed by atoms with Gasteiger partial charge in [-0.05, 0) is 30.5 Å². The van der Waals surface area contributed by atoms with Crippen molar-refractivity contribution in [2.45, 2.75) is 25.0 Å². The summed E-state index contributed by atoms with van der Waals surface area (Å²) in [5.41, 5.74) is 1.30. The van der Waals surface area contributed by atoms with Crippen molar-refractivity contribution in [3.8, 4) is 5.75 Å². The van der Waals surface area contributed by atoms with E-state index in [1.54, 1.807) is 26.4 Å². The molecule has 4 nitrogen and oxygen atoms in total. The summed E-state index contributed by atoms with van der Waals surface area (Å²) in [6.07, 6.45) is 3.28. The summed E-state index contributed by atoms with van der Waals surface area (Å²) in [5, 5.41) is 0.577. The molecule has 1 fully saturated rings. The molecule has 96 valence electrons. The van der Waals surface area contributed by atoms with Crippen molar-refractivity contribution >= 4 is 17.7 Å². The van der Waals surface area contributed by atoms with E-state index in [1.807, 2.05) is 6.07 Å². The number of ether oxygens (including phenoxy) is 2. The number of halogens is 1. The number of aliphatic imine (C=N–C) groups is 1. The van der Waals surface area contributed by atoms with Gasteiger partial charge < -0.3 is 9.47 Å². The first kappa shape index (κ1) is 13.1.